The van der Waals surface area contributed by atoms with Crippen molar-refractivity contribution in [2.75, 3.05) is 18.1 Å². The second-order valence-corrected chi connectivity index (χ2v) is 8.49. The highest BCUT2D eigenvalue weighted by Crippen LogP contribution is 2.21. The summed E-state index contributed by atoms with van der Waals surface area (Å²) in [5.41, 5.74) is 1.15. The first kappa shape index (κ1) is 16.3. The fourth-order valence-corrected chi connectivity index (χ4v) is 4.18. The molecule has 5 heteroatoms. The lowest BCUT2D eigenvalue weighted by Gasteiger charge is -2.19. The zero-order chi connectivity index (χ0) is 15.5. The quantitative estimate of drug-likeness (QED) is 0.877. The Labute approximate surface area is 127 Å². The third-order valence-corrected chi connectivity index (χ3v) is 5.45. The van der Waals surface area contributed by atoms with E-state index in [-0.39, 0.29) is 17.8 Å². The standard InChI is InChI=1S/C16H25NO3S/c1-12(2)10-20-16-6-4-14(5-7-16)13(3)17-15-8-9-21(18,19)11-15/h4-7,12-13,15,17H,8-11H2,1-3H3. The Bertz CT molecular complexity index is 551. The molecule has 0 radical (unpaired) electrons. The fourth-order valence-electron chi connectivity index (χ4n) is 2.49. The molecular weight excluding hydrogens is 286 g/mol. The van der Waals surface area contributed by atoms with Crippen LogP contribution in [-0.4, -0.2) is 32.6 Å². The largest absolute Gasteiger partial charge is 0.493 e. The van der Waals surface area contributed by atoms with Gasteiger partial charge in [0.1, 0.15) is 5.75 Å². The summed E-state index contributed by atoms with van der Waals surface area (Å²) in [5, 5.41) is 3.40. The molecular formula is C16H25NO3S. The molecule has 0 saturated carbocycles. The predicted molar refractivity (Wildman–Crippen MR) is 85.4 cm³/mol. The number of nitrogens with one attached hydrogen (secondary N) is 1. The molecule has 2 unspecified atom stereocenters. The molecule has 1 saturated heterocycles. The number of benzene rings is 1. The summed E-state index contributed by atoms with van der Waals surface area (Å²) in [6.07, 6.45) is 0.711. The van der Waals surface area contributed by atoms with Crippen molar-refractivity contribution >= 4 is 9.84 Å². The van der Waals surface area contributed by atoms with Crippen LogP contribution in [0.2, 0.25) is 0 Å². The summed E-state index contributed by atoms with van der Waals surface area (Å²) in [6, 6.07) is 8.24. The molecule has 4 nitrogen and oxygen atoms in total. The molecule has 0 spiro atoms. The molecule has 0 bridgehead atoms. The smallest absolute Gasteiger partial charge is 0.151 e. The maximum Gasteiger partial charge on any atom is 0.151 e. The third-order valence-electron chi connectivity index (χ3n) is 3.68. The van der Waals surface area contributed by atoms with E-state index in [0.717, 1.165) is 11.3 Å². The average molecular weight is 311 g/mol. The van der Waals surface area contributed by atoms with E-state index in [1.54, 1.807) is 0 Å². The predicted octanol–water partition coefficient (Wildman–Crippen LogP) is 2.56. The Morgan fingerprint density at radius 1 is 1.24 bits per heavy atom. The molecule has 1 aliphatic heterocycles. The second-order valence-electron chi connectivity index (χ2n) is 6.26. The lowest BCUT2D eigenvalue weighted by molar-refractivity contribution is 0.271. The lowest BCUT2D eigenvalue weighted by Crippen LogP contribution is -2.32. The van der Waals surface area contributed by atoms with Crippen LogP contribution in [-0.2, 0) is 9.84 Å². The van der Waals surface area contributed by atoms with Crippen molar-refractivity contribution < 1.29 is 13.2 Å². The lowest BCUT2D eigenvalue weighted by atomic mass is 10.1. The summed E-state index contributed by atoms with van der Waals surface area (Å²) in [7, 11) is -2.83. The topological polar surface area (TPSA) is 55.4 Å². The van der Waals surface area contributed by atoms with Crippen LogP contribution >= 0.6 is 0 Å². The van der Waals surface area contributed by atoms with E-state index in [2.05, 4.69) is 26.1 Å². The van der Waals surface area contributed by atoms with Gasteiger partial charge in [0, 0.05) is 12.1 Å². The van der Waals surface area contributed by atoms with E-state index >= 15 is 0 Å². The first-order valence-corrected chi connectivity index (χ1v) is 9.37. The normalized spacial score (nSPS) is 22.4. The monoisotopic (exact) mass is 311 g/mol. The molecule has 118 valence electrons. The van der Waals surface area contributed by atoms with Crippen LogP contribution < -0.4 is 10.1 Å². The molecule has 1 aromatic rings. The van der Waals surface area contributed by atoms with Crippen molar-refractivity contribution in [3.63, 3.8) is 0 Å². The molecule has 2 rings (SSSR count). The Morgan fingerprint density at radius 3 is 2.43 bits per heavy atom. The molecule has 1 fully saturated rings. The van der Waals surface area contributed by atoms with Crippen molar-refractivity contribution in [1.82, 2.24) is 5.32 Å². The minimum Gasteiger partial charge on any atom is -0.493 e. The van der Waals surface area contributed by atoms with E-state index in [1.807, 2.05) is 24.3 Å². The van der Waals surface area contributed by atoms with Gasteiger partial charge < -0.3 is 10.1 Å². The van der Waals surface area contributed by atoms with Gasteiger partial charge >= 0.3 is 0 Å². The van der Waals surface area contributed by atoms with Gasteiger partial charge in [-0.05, 0) is 37.0 Å². The van der Waals surface area contributed by atoms with Crippen LogP contribution in [0, 0.1) is 5.92 Å². The Kier molecular flexibility index (Phi) is 5.27. The highest BCUT2D eigenvalue weighted by atomic mass is 32.2. The third kappa shape index (κ3) is 5.00. The Morgan fingerprint density at radius 2 is 1.90 bits per heavy atom. The van der Waals surface area contributed by atoms with Gasteiger partial charge in [-0.2, -0.15) is 0 Å². The number of hydrogen-bond donors (Lipinski definition) is 1. The number of hydrogen-bond acceptors (Lipinski definition) is 4. The van der Waals surface area contributed by atoms with Crippen LogP contribution in [0.25, 0.3) is 0 Å². The zero-order valence-corrected chi connectivity index (χ0v) is 13.8. The maximum absolute atomic E-state index is 11.5. The van der Waals surface area contributed by atoms with Gasteiger partial charge in [0.05, 0.1) is 18.1 Å². The molecule has 0 aromatic heterocycles. The van der Waals surface area contributed by atoms with Gasteiger partial charge in [0.15, 0.2) is 9.84 Å². The van der Waals surface area contributed by atoms with Crippen LogP contribution in [0.5, 0.6) is 5.75 Å². The van der Waals surface area contributed by atoms with E-state index < -0.39 is 9.84 Å². The molecule has 21 heavy (non-hydrogen) atoms. The molecule has 0 amide bonds. The van der Waals surface area contributed by atoms with Crippen molar-refractivity contribution in [2.45, 2.75) is 39.3 Å². The molecule has 1 heterocycles. The number of ether oxygens (including phenoxy) is 1. The maximum atomic E-state index is 11.5. The fraction of sp³-hybridized carbons (Fsp3) is 0.625. The van der Waals surface area contributed by atoms with E-state index in [4.69, 9.17) is 4.74 Å². The summed E-state index contributed by atoms with van der Waals surface area (Å²) in [4.78, 5) is 0. The van der Waals surface area contributed by atoms with Gasteiger partial charge in [-0.3, -0.25) is 0 Å². The van der Waals surface area contributed by atoms with E-state index in [9.17, 15) is 8.42 Å². The van der Waals surface area contributed by atoms with E-state index in [1.165, 1.54) is 0 Å². The van der Waals surface area contributed by atoms with Crippen molar-refractivity contribution in [1.29, 1.82) is 0 Å². The molecule has 2 atom stereocenters. The molecule has 0 aliphatic carbocycles. The average Bonchev–Trinajstić information content (AvgIpc) is 2.76. The van der Waals surface area contributed by atoms with Crippen LogP contribution in [0.4, 0.5) is 0 Å². The summed E-state index contributed by atoms with van der Waals surface area (Å²) in [5.74, 6) is 1.95. The summed E-state index contributed by atoms with van der Waals surface area (Å²) >= 11 is 0. The second kappa shape index (κ2) is 6.79. The molecule has 1 aromatic carbocycles. The minimum absolute atomic E-state index is 0.0712. The number of sulfone groups is 1. The summed E-state index contributed by atoms with van der Waals surface area (Å²) < 4.78 is 28.6. The van der Waals surface area contributed by atoms with Gasteiger partial charge in [0.2, 0.25) is 0 Å². The Balaban J connectivity index is 1.89. The van der Waals surface area contributed by atoms with E-state index in [0.29, 0.717) is 24.7 Å². The number of rotatable bonds is 6. The SMILES string of the molecule is CC(C)COc1ccc(C(C)NC2CCS(=O)(=O)C2)cc1. The van der Waals surface area contributed by atoms with Crippen LogP contribution in [0.3, 0.4) is 0 Å². The first-order chi connectivity index (χ1) is 9.85. The van der Waals surface area contributed by atoms with Crippen LogP contribution in [0.1, 0.15) is 38.8 Å². The summed E-state index contributed by atoms with van der Waals surface area (Å²) in [6.45, 7) is 7.02. The van der Waals surface area contributed by atoms with Crippen molar-refractivity contribution in [3.05, 3.63) is 29.8 Å². The van der Waals surface area contributed by atoms with Gasteiger partial charge in [-0.25, -0.2) is 8.42 Å². The Hall–Kier alpha value is -1.07. The zero-order valence-electron chi connectivity index (χ0n) is 13.0. The highest BCUT2D eigenvalue weighted by Gasteiger charge is 2.28. The van der Waals surface area contributed by atoms with Crippen LogP contribution in [0.15, 0.2) is 24.3 Å². The minimum atomic E-state index is -2.83. The molecule has 1 aliphatic rings. The molecule has 1 N–H and O–H groups in total. The van der Waals surface area contributed by atoms with Crippen molar-refractivity contribution in [2.24, 2.45) is 5.92 Å². The van der Waals surface area contributed by atoms with Gasteiger partial charge in [0.25, 0.3) is 0 Å². The van der Waals surface area contributed by atoms with Crippen molar-refractivity contribution in [3.8, 4) is 5.75 Å². The highest BCUT2D eigenvalue weighted by molar-refractivity contribution is 7.91. The first-order valence-electron chi connectivity index (χ1n) is 7.55. The van der Waals surface area contributed by atoms with Gasteiger partial charge in [-0.15, -0.1) is 0 Å². The van der Waals surface area contributed by atoms with Gasteiger partial charge in [-0.1, -0.05) is 26.0 Å².